The van der Waals surface area contributed by atoms with Gasteiger partial charge in [0.25, 0.3) is 11.6 Å². The molecule has 2 aromatic rings. The van der Waals surface area contributed by atoms with Crippen molar-refractivity contribution in [1.82, 2.24) is 4.90 Å². The Bertz CT molecular complexity index is 797. The Labute approximate surface area is 148 Å². The molecule has 26 heavy (non-hydrogen) atoms. The number of carbonyl (C=O) groups is 1. The van der Waals surface area contributed by atoms with E-state index in [2.05, 4.69) is 10.1 Å². The van der Waals surface area contributed by atoms with Crippen LogP contribution >= 0.6 is 0 Å². The fraction of sp³-hybridized carbons (Fsp3) is 0.235. The van der Waals surface area contributed by atoms with E-state index >= 15 is 0 Å². The second kappa shape index (κ2) is 8.24. The first kappa shape index (κ1) is 19.1. The average Bonchev–Trinajstić information content (AvgIpc) is 2.61. The van der Waals surface area contributed by atoms with Gasteiger partial charge in [-0.3, -0.25) is 14.9 Å². The third kappa shape index (κ3) is 4.65. The Morgan fingerprint density at radius 1 is 1.27 bits per heavy atom. The van der Waals surface area contributed by atoms with E-state index in [1.54, 1.807) is 26.2 Å². The van der Waals surface area contributed by atoms with Crippen LogP contribution < -0.4 is 10.1 Å². The highest BCUT2D eigenvalue weighted by Gasteiger charge is 2.19. The number of nitrogens with zero attached hydrogens (tertiary/aromatic N) is 2. The first-order valence-corrected chi connectivity index (χ1v) is 7.57. The Hall–Kier alpha value is -3.23. The topological polar surface area (TPSA) is 84.7 Å². The molecule has 0 aromatic heterocycles. The van der Waals surface area contributed by atoms with Crippen LogP contribution in [0.5, 0.6) is 5.75 Å². The van der Waals surface area contributed by atoms with Crippen LogP contribution in [0.15, 0.2) is 42.5 Å². The van der Waals surface area contributed by atoms with E-state index < -0.39 is 17.4 Å². The zero-order valence-corrected chi connectivity index (χ0v) is 14.1. The van der Waals surface area contributed by atoms with E-state index in [1.165, 1.54) is 35.2 Å². The molecule has 9 heteroatoms. The summed E-state index contributed by atoms with van der Waals surface area (Å²) in [6.07, 6.45) is 0. The summed E-state index contributed by atoms with van der Waals surface area (Å²) in [4.78, 5) is 24.4. The predicted octanol–water partition coefficient (Wildman–Crippen LogP) is 3.51. The number of amides is 1. The van der Waals surface area contributed by atoms with Crippen molar-refractivity contribution >= 4 is 17.3 Å². The maximum atomic E-state index is 12.5. The number of hydrogen-bond acceptors (Lipinski definition) is 5. The standard InChI is InChI=1S/C17H17F2N3O4/c1-20-14-8-5-12(9-15(14)22(24)25)16(23)21(2)10-11-3-6-13(7-4-11)26-17(18)19/h3-9,17,20H,10H2,1-2H3. The number of rotatable bonds is 7. The van der Waals surface area contributed by atoms with Crippen molar-refractivity contribution < 1.29 is 23.2 Å². The van der Waals surface area contributed by atoms with Crippen LogP contribution in [0.1, 0.15) is 15.9 Å². The number of ether oxygens (including phenoxy) is 1. The Morgan fingerprint density at radius 3 is 2.46 bits per heavy atom. The van der Waals surface area contributed by atoms with Gasteiger partial charge in [0.15, 0.2) is 0 Å². The number of anilines is 1. The molecule has 0 saturated carbocycles. The van der Waals surface area contributed by atoms with Crippen molar-refractivity contribution in [3.8, 4) is 5.75 Å². The van der Waals surface area contributed by atoms with Gasteiger partial charge >= 0.3 is 6.61 Å². The molecule has 0 aliphatic carbocycles. The molecule has 0 bridgehead atoms. The Morgan fingerprint density at radius 2 is 1.92 bits per heavy atom. The SMILES string of the molecule is CNc1ccc(C(=O)N(C)Cc2ccc(OC(F)F)cc2)cc1[N+](=O)[O-]. The van der Waals surface area contributed by atoms with Crippen LogP contribution in [0.3, 0.4) is 0 Å². The molecule has 2 aromatic carbocycles. The van der Waals surface area contributed by atoms with Crippen LogP contribution in [0.2, 0.25) is 0 Å². The smallest absolute Gasteiger partial charge is 0.387 e. The predicted molar refractivity (Wildman–Crippen MR) is 91.5 cm³/mol. The summed E-state index contributed by atoms with van der Waals surface area (Å²) in [6.45, 7) is -2.70. The molecule has 138 valence electrons. The van der Waals surface area contributed by atoms with E-state index in [4.69, 9.17) is 0 Å². The van der Waals surface area contributed by atoms with Gasteiger partial charge in [-0.25, -0.2) is 0 Å². The Kier molecular flexibility index (Phi) is 6.05. The van der Waals surface area contributed by atoms with E-state index in [1.807, 2.05) is 0 Å². The summed E-state index contributed by atoms with van der Waals surface area (Å²) in [5, 5.41) is 13.8. The normalized spacial score (nSPS) is 10.5. The lowest BCUT2D eigenvalue weighted by Crippen LogP contribution is -2.26. The molecule has 0 aliphatic heterocycles. The number of nitrogens with one attached hydrogen (secondary N) is 1. The molecule has 1 amide bonds. The third-order valence-electron chi connectivity index (χ3n) is 3.63. The van der Waals surface area contributed by atoms with Gasteiger partial charge in [0, 0.05) is 32.3 Å². The number of benzene rings is 2. The number of alkyl halides is 2. The molecule has 0 aliphatic rings. The average molecular weight is 365 g/mol. The lowest BCUT2D eigenvalue weighted by atomic mass is 10.1. The number of carbonyl (C=O) groups excluding carboxylic acids is 1. The minimum Gasteiger partial charge on any atom is -0.435 e. The molecule has 0 spiro atoms. The summed E-state index contributed by atoms with van der Waals surface area (Å²) in [5.74, 6) is -0.375. The fourth-order valence-electron chi connectivity index (χ4n) is 2.37. The molecule has 0 fully saturated rings. The molecule has 0 heterocycles. The van der Waals surface area contributed by atoms with E-state index in [0.29, 0.717) is 11.3 Å². The van der Waals surface area contributed by atoms with Gasteiger partial charge < -0.3 is 15.0 Å². The Balaban J connectivity index is 2.12. The molecule has 0 unspecified atom stereocenters. The van der Waals surface area contributed by atoms with Crippen LogP contribution in [0, 0.1) is 10.1 Å². The molecular formula is C17H17F2N3O4. The largest absolute Gasteiger partial charge is 0.435 e. The van der Waals surface area contributed by atoms with Crippen molar-refractivity contribution in [2.75, 3.05) is 19.4 Å². The maximum absolute atomic E-state index is 12.5. The maximum Gasteiger partial charge on any atom is 0.387 e. The van der Waals surface area contributed by atoms with Crippen molar-refractivity contribution in [2.45, 2.75) is 13.2 Å². The molecule has 0 radical (unpaired) electrons. The number of nitro groups is 1. The number of hydrogen-bond donors (Lipinski definition) is 1. The quantitative estimate of drug-likeness (QED) is 0.600. The summed E-state index contributed by atoms with van der Waals surface area (Å²) in [7, 11) is 3.10. The van der Waals surface area contributed by atoms with Gasteiger partial charge in [0.05, 0.1) is 4.92 Å². The minimum atomic E-state index is -2.90. The van der Waals surface area contributed by atoms with Gasteiger partial charge in [-0.15, -0.1) is 0 Å². The van der Waals surface area contributed by atoms with Gasteiger partial charge in [-0.2, -0.15) is 8.78 Å². The molecule has 2 rings (SSSR count). The fourth-order valence-corrected chi connectivity index (χ4v) is 2.37. The van der Waals surface area contributed by atoms with Crippen LogP contribution in [-0.4, -0.2) is 36.4 Å². The van der Waals surface area contributed by atoms with Crippen LogP contribution in [0.25, 0.3) is 0 Å². The first-order chi connectivity index (χ1) is 12.3. The molecule has 1 N–H and O–H groups in total. The second-order valence-corrected chi connectivity index (χ2v) is 5.42. The van der Waals surface area contributed by atoms with E-state index in [9.17, 15) is 23.7 Å². The first-order valence-electron chi connectivity index (χ1n) is 7.57. The van der Waals surface area contributed by atoms with Crippen LogP contribution in [-0.2, 0) is 6.54 Å². The van der Waals surface area contributed by atoms with Gasteiger partial charge in [-0.1, -0.05) is 12.1 Å². The molecular weight excluding hydrogens is 348 g/mol. The highest BCUT2D eigenvalue weighted by Crippen LogP contribution is 2.26. The van der Waals surface area contributed by atoms with E-state index in [-0.39, 0.29) is 23.5 Å². The lowest BCUT2D eigenvalue weighted by Gasteiger charge is -2.18. The highest BCUT2D eigenvalue weighted by atomic mass is 19.3. The highest BCUT2D eigenvalue weighted by molar-refractivity contribution is 5.95. The summed E-state index contributed by atoms with van der Waals surface area (Å²) in [6, 6.07) is 10.1. The van der Waals surface area contributed by atoms with Gasteiger partial charge in [-0.05, 0) is 29.8 Å². The van der Waals surface area contributed by atoms with Gasteiger partial charge in [0.2, 0.25) is 0 Å². The van der Waals surface area contributed by atoms with E-state index in [0.717, 1.165) is 0 Å². The third-order valence-corrected chi connectivity index (χ3v) is 3.63. The summed E-state index contributed by atoms with van der Waals surface area (Å²) in [5.41, 5.74) is 0.990. The van der Waals surface area contributed by atoms with Crippen molar-refractivity contribution in [3.05, 3.63) is 63.7 Å². The molecule has 7 nitrogen and oxygen atoms in total. The van der Waals surface area contributed by atoms with Gasteiger partial charge in [0.1, 0.15) is 11.4 Å². The lowest BCUT2D eigenvalue weighted by molar-refractivity contribution is -0.384. The summed E-state index contributed by atoms with van der Waals surface area (Å²) >= 11 is 0. The van der Waals surface area contributed by atoms with Crippen molar-refractivity contribution in [1.29, 1.82) is 0 Å². The zero-order valence-electron chi connectivity index (χ0n) is 14.1. The molecule has 0 saturated heterocycles. The second-order valence-electron chi connectivity index (χ2n) is 5.42. The number of halogens is 2. The van der Waals surface area contributed by atoms with Crippen LogP contribution in [0.4, 0.5) is 20.2 Å². The number of nitro benzene ring substituents is 1. The minimum absolute atomic E-state index is 0.0241. The molecule has 0 atom stereocenters. The zero-order chi connectivity index (χ0) is 19.3. The van der Waals surface area contributed by atoms with Crippen molar-refractivity contribution in [3.63, 3.8) is 0 Å². The monoisotopic (exact) mass is 365 g/mol. The van der Waals surface area contributed by atoms with Crippen molar-refractivity contribution in [2.24, 2.45) is 0 Å². The summed E-state index contributed by atoms with van der Waals surface area (Å²) < 4.78 is 28.5.